The Morgan fingerprint density at radius 1 is 1.20 bits per heavy atom. The Balaban J connectivity index is 2.65. The first-order chi connectivity index (χ1) is 9.41. The third-order valence-corrected chi connectivity index (χ3v) is 4.06. The summed E-state index contributed by atoms with van der Waals surface area (Å²) >= 11 is 0. The lowest BCUT2D eigenvalue weighted by molar-refractivity contribution is -0.00914. The highest BCUT2D eigenvalue weighted by Crippen LogP contribution is 2.31. The van der Waals surface area contributed by atoms with Gasteiger partial charge >= 0.3 is 0 Å². The smallest absolute Gasteiger partial charge is 0.0558 e. The van der Waals surface area contributed by atoms with Gasteiger partial charge in [-0.1, -0.05) is 6.92 Å². The molecule has 1 fully saturated rings. The minimum Gasteiger partial charge on any atom is -0.395 e. The summed E-state index contributed by atoms with van der Waals surface area (Å²) in [7, 11) is 0. The molecule has 0 aromatic carbocycles. The average molecular weight is 286 g/mol. The molecule has 0 aromatic rings. The molecule has 4 heteroatoms. The Morgan fingerprint density at radius 2 is 1.85 bits per heavy atom. The van der Waals surface area contributed by atoms with Gasteiger partial charge < -0.3 is 20.1 Å². The van der Waals surface area contributed by atoms with Crippen molar-refractivity contribution in [3.05, 3.63) is 0 Å². The summed E-state index contributed by atoms with van der Waals surface area (Å²) in [5.41, 5.74) is 0.438. The van der Waals surface area contributed by atoms with Crippen molar-refractivity contribution in [3.63, 3.8) is 0 Å². The topological polar surface area (TPSA) is 44.7 Å². The van der Waals surface area contributed by atoms with E-state index in [1.54, 1.807) is 0 Å². The van der Waals surface area contributed by atoms with Gasteiger partial charge in [-0.05, 0) is 52.0 Å². The lowest BCUT2D eigenvalue weighted by Crippen LogP contribution is -2.51. The van der Waals surface area contributed by atoms with Crippen LogP contribution in [-0.2, 0) is 4.74 Å². The second kappa shape index (κ2) is 8.32. The van der Waals surface area contributed by atoms with Gasteiger partial charge in [0.15, 0.2) is 0 Å². The molecule has 120 valence electrons. The molecule has 1 aliphatic heterocycles. The number of aliphatic hydroxyl groups is 1. The zero-order valence-corrected chi connectivity index (χ0v) is 13.9. The van der Waals surface area contributed by atoms with Crippen LogP contribution in [-0.4, -0.2) is 61.5 Å². The standard InChI is InChI=1S/C16H34N2O2/c1-5-8-18(9-10-19)14-16(6-11-20-12-7-16)13-17-15(2,3)4/h17,19H,5-14H2,1-4H3. The molecule has 2 N–H and O–H groups in total. The van der Waals surface area contributed by atoms with Crippen molar-refractivity contribution in [2.45, 2.75) is 52.5 Å². The number of hydrogen-bond acceptors (Lipinski definition) is 4. The fraction of sp³-hybridized carbons (Fsp3) is 1.00. The molecule has 0 radical (unpaired) electrons. The second-order valence-electron chi connectivity index (χ2n) is 7.22. The maximum absolute atomic E-state index is 9.25. The number of nitrogens with zero attached hydrogens (tertiary/aromatic N) is 1. The van der Waals surface area contributed by atoms with Gasteiger partial charge in [-0.25, -0.2) is 0 Å². The Morgan fingerprint density at radius 3 is 2.35 bits per heavy atom. The van der Waals surface area contributed by atoms with Crippen LogP contribution in [0.25, 0.3) is 0 Å². The normalized spacial score (nSPS) is 19.5. The van der Waals surface area contributed by atoms with Gasteiger partial charge in [0.05, 0.1) is 6.61 Å². The highest BCUT2D eigenvalue weighted by atomic mass is 16.5. The van der Waals surface area contributed by atoms with Crippen LogP contribution < -0.4 is 5.32 Å². The van der Waals surface area contributed by atoms with E-state index in [0.29, 0.717) is 0 Å². The molecule has 0 amide bonds. The van der Waals surface area contributed by atoms with E-state index in [1.165, 1.54) is 0 Å². The number of aliphatic hydroxyl groups excluding tert-OH is 1. The fourth-order valence-electron chi connectivity index (χ4n) is 2.85. The molecule has 20 heavy (non-hydrogen) atoms. The fourth-order valence-corrected chi connectivity index (χ4v) is 2.85. The van der Waals surface area contributed by atoms with Crippen molar-refractivity contribution in [3.8, 4) is 0 Å². The molecule has 0 bridgehead atoms. The molecule has 0 spiro atoms. The highest BCUT2D eigenvalue weighted by Gasteiger charge is 2.35. The van der Waals surface area contributed by atoms with Crippen LogP contribution in [0, 0.1) is 5.41 Å². The first-order valence-corrected chi connectivity index (χ1v) is 8.07. The van der Waals surface area contributed by atoms with Crippen molar-refractivity contribution in [2.75, 3.05) is 46.0 Å². The summed E-state index contributed by atoms with van der Waals surface area (Å²) in [6.45, 7) is 14.8. The highest BCUT2D eigenvalue weighted by molar-refractivity contribution is 4.89. The van der Waals surface area contributed by atoms with E-state index in [-0.39, 0.29) is 17.6 Å². The number of ether oxygens (including phenoxy) is 1. The van der Waals surface area contributed by atoms with E-state index in [9.17, 15) is 5.11 Å². The van der Waals surface area contributed by atoms with Crippen LogP contribution in [0.2, 0.25) is 0 Å². The molecule has 0 atom stereocenters. The Labute approximate surface area is 124 Å². The number of rotatable bonds is 8. The first kappa shape index (κ1) is 17.9. The van der Waals surface area contributed by atoms with Gasteiger partial charge in [-0.15, -0.1) is 0 Å². The van der Waals surface area contributed by atoms with Crippen LogP contribution >= 0.6 is 0 Å². The van der Waals surface area contributed by atoms with Crippen LogP contribution in [0.3, 0.4) is 0 Å². The molecule has 0 aromatic heterocycles. The third kappa shape index (κ3) is 6.53. The summed E-state index contributed by atoms with van der Waals surface area (Å²) in [5.74, 6) is 0. The van der Waals surface area contributed by atoms with Gasteiger partial charge in [0.1, 0.15) is 0 Å². The first-order valence-electron chi connectivity index (χ1n) is 8.07. The molecular weight excluding hydrogens is 252 g/mol. The summed E-state index contributed by atoms with van der Waals surface area (Å²) in [5, 5.41) is 12.9. The monoisotopic (exact) mass is 286 g/mol. The predicted molar refractivity (Wildman–Crippen MR) is 84.1 cm³/mol. The number of nitrogens with one attached hydrogen (secondary N) is 1. The van der Waals surface area contributed by atoms with E-state index in [1.807, 2.05) is 0 Å². The molecule has 1 rings (SSSR count). The molecule has 0 saturated carbocycles. The maximum atomic E-state index is 9.25. The second-order valence-corrected chi connectivity index (χ2v) is 7.22. The van der Waals surface area contributed by atoms with E-state index >= 15 is 0 Å². The van der Waals surface area contributed by atoms with Gasteiger partial charge in [-0.3, -0.25) is 0 Å². The van der Waals surface area contributed by atoms with Crippen molar-refractivity contribution in [2.24, 2.45) is 5.41 Å². The van der Waals surface area contributed by atoms with Gasteiger partial charge in [0, 0.05) is 38.4 Å². The van der Waals surface area contributed by atoms with Crippen LogP contribution in [0.5, 0.6) is 0 Å². The van der Waals surface area contributed by atoms with Crippen molar-refractivity contribution in [1.82, 2.24) is 10.2 Å². The zero-order valence-electron chi connectivity index (χ0n) is 13.9. The molecule has 4 nitrogen and oxygen atoms in total. The molecule has 0 unspecified atom stereocenters. The molecule has 1 saturated heterocycles. The van der Waals surface area contributed by atoms with E-state index < -0.39 is 0 Å². The summed E-state index contributed by atoms with van der Waals surface area (Å²) in [6.07, 6.45) is 3.36. The SMILES string of the molecule is CCCN(CCO)CC1(CNC(C)(C)C)CCOCC1. The third-order valence-electron chi connectivity index (χ3n) is 4.06. The summed E-state index contributed by atoms with van der Waals surface area (Å²) in [4.78, 5) is 2.41. The summed E-state index contributed by atoms with van der Waals surface area (Å²) < 4.78 is 5.56. The quantitative estimate of drug-likeness (QED) is 0.715. The van der Waals surface area contributed by atoms with Gasteiger partial charge in [0.2, 0.25) is 0 Å². The van der Waals surface area contributed by atoms with E-state index in [4.69, 9.17) is 4.74 Å². The largest absolute Gasteiger partial charge is 0.395 e. The lowest BCUT2D eigenvalue weighted by atomic mass is 9.79. The van der Waals surface area contributed by atoms with Crippen LogP contribution in [0.1, 0.15) is 47.0 Å². The van der Waals surface area contributed by atoms with Crippen LogP contribution in [0.4, 0.5) is 0 Å². The Bertz CT molecular complexity index is 252. The van der Waals surface area contributed by atoms with E-state index in [0.717, 1.165) is 58.7 Å². The van der Waals surface area contributed by atoms with Crippen molar-refractivity contribution >= 4 is 0 Å². The van der Waals surface area contributed by atoms with Crippen molar-refractivity contribution in [1.29, 1.82) is 0 Å². The Hall–Kier alpha value is -0.160. The van der Waals surface area contributed by atoms with Crippen molar-refractivity contribution < 1.29 is 9.84 Å². The average Bonchev–Trinajstić information content (AvgIpc) is 2.38. The Kier molecular flexibility index (Phi) is 7.45. The van der Waals surface area contributed by atoms with Crippen LogP contribution in [0.15, 0.2) is 0 Å². The lowest BCUT2D eigenvalue weighted by Gasteiger charge is -2.42. The molecule has 0 aliphatic carbocycles. The van der Waals surface area contributed by atoms with E-state index in [2.05, 4.69) is 37.9 Å². The minimum absolute atomic E-state index is 0.151. The zero-order chi connectivity index (χ0) is 15.1. The van der Waals surface area contributed by atoms with Gasteiger partial charge in [0.25, 0.3) is 0 Å². The minimum atomic E-state index is 0.151. The number of hydrogen-bond donors (Lipinski definition) is 2. The predicted octanol–water partition coefficient (Wildman–Crippen LogP) is 1.88. The molecular formula is C16H34N2O2. The molecule has 1 aliphatic rings. The maximum Gasteiger partial charge on any atom is 0.0558 e. The van der Waals surface area contributed by atoms with Gasteiger partial charge in [-0.2, -0.15) is 0 Å². The summed E-state index contributed by atoms with van der Waals surface area (Å²) in [6, 6.07) is 0. The molecule has 1 heterocycles.